The van der Waals surface area contributed by atoms with Gasteiger partial charge in [-0.15, -0.1) is 0 Å². The monoisotopic (exact) mass is 243 g/mol. The van der Waals surface area contributed by atoms with Crippen LogP contribution in [0.15, 0.2) is 12.2 Å². The van der Waals surface area contributed by atoms with Crippen molar-refractivity contribution in [3.8, 4) is 0 Å². The zero-order chi connectivity index (χ0) is 11.4. The molecule has 90 valence electrons. The van der Waals surface area contributed by atoms with Crippen LogP contribution in [0.5, 0.6) is 0 Å². The van der Waals surface area contributed by atoms with E-state index in [0.29, 0.717) is 25.4 Å². The normalized spacial score (nSPS) is 41.8. The van der Waals surface area contributed by atoms with E-state index in [4.69, 9.17) is 4.74 Å². The molecule has 5 heteroatoms. The van der Waals surface area contributed by atoms with E-state index in [9.17, 15) is 8.42 Å². The first-order valence-corrected chi connectivity index (χ1v) is 7.52. The van der Waals surface area contributed by atoms with Gasteiger partial charge in [-0.25, -0.2) is 8.42 Å². The topological polar surface area (TPSA) is 46.6 Å². The van der Waals surface area contributed by atoms with Crippen LogP contribution >= 0.6 is 0 Å². The van der Waals surface area contributed by atoms with E-state index >= 15 is 0 Å². The molecule has 4 nitrogen and oxygen atoms in total. The second-order valence-corrected chi connectivity index (χ2v) is 7.10. The van der Waals surface area contributed by atoms with Gasteiger partial charge in [-0.1, -0.05) is 19.1 Å². The van der Waals surface area contributed by atoms with Crippen molar-refractivity contribution >= 4 is 10.0 Å². The van der Waals surface area contributed by atoms with Gasteiger partial charge < -0.3 is 4.74 Å². The van der Waals surface area contributed by atoms with E-state index in [-0.39, 0.29) is 17.5 Å². The summed E-state index contributed by atoms with van der Waals surface area (Å²) in [5.41, 5.74) is -0.286. The SMILES string of the molecule is CCCS(=O)(=O)N1C[C@@H]2C[C@H]3C=C[C@]2(C1)O3. The number of ether oxygens (including phenoxy) is 1. The Labute approximate surface area is 96.3 Å². The Morgan fingerprint density at radius 2 is 2.38 bits per heavy atom. The zero-order valence-corrected chi connectivity index (χ0v) is 10.2. The average molecular weight is 243 g/mol. The fourth-order valence-corrected chi connectivity index (χ4v) is 4.68. The first-order chi connectivity index (χ1) is 7.56. The summed E-state index contributed by atoms with van der Waals surface area (Å²) >= 11 is 0. The number of fused-ring (bicyclic) bond motifs is 1. The van der Waals surface area contributed by atoms with Gasteiger partial charge in [0.15, 0.2) is 0 Å². The number of rotatable bonds is 3. The molecule has 0 aromatic rings. The van der Waals surface area contributed by atoms with Crippen molar-refractivity contribution in [1.29, 1.82) is 0 Å². The molecule has 3 heterocycles. The van der Waals surface area contributed by atoms with E-state index in [2.05, 4.69) is 12.2 Å². The van der Waals surface area contributed by atoms with E-state index in [1.54, 1.807) is 4.31 Å². The molecule has 1 spiro atoms. The lowest BCUT2D eigenvalue weighted by Gasteiger charge is -2.21. The Kier molecular flexibility index (Phi) is 2.22. The molecule has 3 atom stereocenters. The van der Waals surface area contributed by atoms with E-state index in [1.807, 2.05) is 6.92 Å². The molecular weight excluding hydrogens is 226 g/mol. The molecule has 0 aromatic carbocycles. The van der Waals surface area contributed by atoms with Crippen LogP contribution in [0.2, 0.25) is 0 Å². The van der Waals surface area contributed by atoms with Crippen molar-refractivity contribution in [3.63, 3.8) is 0 Å². The molecule has 16 heavy (non-hydrogen) atoms. The van der Waals surface area contributed by atoms with Crippen molar-refractivity contribution < 1.29 is 13.2 Å². The van der Waals surface area contributed by atoms with Crippen molar-refractivity contribution in [1.82, 2.24) is 4.31 Å². The molecule has 2 saturated heterocycles. The standard InChI is InChI=1S/C11H17NO3S/c1-2-5-16(13,14)12-7-9-6-10-3-4-11(9,8-12)15-10/h3-4,9-10H,2,5-8H2,1H3/t9-,10+,11+/m0/s1. The third kappa shape index (κ3) is 1.38. The molecule has 0 aliphatic carbocycles. The Balaban J connectivity index is 1.82. The van der Waals surface area contributed by atoms with E-state index in [0.717, 1.165) is 6.42 Å². The Morgan fingerprint density at radius 3 is 3.00 bits per heavy atom. The second-order valence-electron chi connectivity index (χ2n) is 5.01. The summed E-state index contributed by atoms with van der Waals surface area (Å²) in [5.74, 6) is 0.622. The summed E-state index contributed by atoms with van der Waals surface area (Å²) in [6.07, 6.45) is 6.05. The van der Waals surface area contributed by atoms with Crippen molar-refractivity contribution in [2.75, 3.05) is 18.8 Å². The summed E-state index contributed by atoms with van der Waals surface area (Å²) in [7, 11) is -3.06. The van der Waals surface area contributed by atoms with Crippen molar-refractivity contribution in [3.05, 3.63) is 12.2 Å². The molecule has 2 fully saturated rings. The predicted molar refractivity (Wildman–Crippen MR) is 60.5 cm³/mol. The highest BCUT2D eigenvalue weighted by Gasteiger charge is 2.57. The van der Waals surface area contributed by atoms with Gasteiger partial charge >= 0.3 is 0 Å². The van der Waals surface area contributed by atoms with Crippen LogP contribution in [0.1, 0.15) is 19.8 Å². The summed E-state index contributed by atoms with van der Waals surface area (Å²) in [5, 5.41) is 0. The minimum Gasteiger partial charge on any atom is -0.362 e. The summed E-state index contributed by atoms with van der Waals surface area (Å²) in [6.45, 7) is 3.06. The van der Waals surface area contributed by atoms with Crippen molar-refractivity contribution in [2.24, 2.45) is 5.92 Å². The van der Waals surface area contributed by atoms with Crippen molar-refractivity contribution in [2.45, 2.75) is 31.5 Å². The lowest BCUT2D eigenvalue weighted by atomic mass is 9.86. The molecule has 0 unspecified atom stereocenters. The molecule has 0 amide bonds. The number of sulfonamides is 1. The number of hydrogen-bond donors (Lipinski definition) is 0. The van der Waals surface area contributed by atoms with Crippen LogP contribution in [-0.4, -0.2) is 43.3 Å². The van der Waals surface area contributed by atoms with Gasteiger partial charge in [0.1, 0.15) is 5.60 Å². The fourth-order valence-electron chi connectivity index (χ4n) is 3.10. The Hall–Kier alpha value is -0.390. The van der Waals surface area contributed by atoms with Crippen LogP contribution in [0.4, 0.5) is 0 Å². The quantitative estimate of drug-likeness (QED) is 0.687. The molecular formula is C11H17NO3S. The lowest BCUT2D eigenvalue weighted by Crippen LogP contribution is -2.36. The van der Waals surface area contributed by atoms with Gasteiger partial charge in [0.05, 0.1) is 11.9 Å². The van der Waals surface area contributed by atoms with Gasteiger partial charge in [-0.3, -0.25) is 0 Å². The molecule has 0 aromatic heterocycles. The Bertz CT molecular complexity index is 431. The van der Waals surface area contributed by atoms with Crippen LogP contribution in [-0.2, 0) is 14.8 Å². The molecule has 0 N–H and O–H groups in total. The maximum Gasteiger partial charge on any atom is 0.214 e. The van der Waals surface area contributed by atoms with Gasteiger partial charge in [0, 0.05) is 19.0 Å². The molecule has 3 rings (SSSR count). The third-order valence-electron chi connectivity index (χ3n) is 3.87. The van der Waals surface area contributed by atoms with E-state index in [1.165, 1.54) is 0 Å². The molecule has 3 aliphatic heterocycles. The zero-order valence-electron chi connectivity index (χ0n) is 9.43. The molecule has 0 saturated carbocycles. The van der Waals surface area contributed by atoms with Gasteiger partial charge in [-0.2, -0.15) is 4.31 Å². The summed E-state index contributed by atoms with van der Waals surface area (Å²) in [6, 6.07) is 0. The number of nitrogens with zero attached hydrogens (tertiary/aromatic N) is 1. The maximum atomic E-state index is 12.0. The summed E-state index contributed by atoms with van der Waals surface area (Å²) in [4.78, 5) is 0. The first-order valence-electron chi connectivity index (χ1n) is 5.91. The van der Waals surface area contributed by atoms with Crippen LogP contribution in [0, 0.1) is 5.92 Å². The predicted octanol–water partition coefficient (Wildman–Crippen LogP) is 0.756. The fraction of sp³-hybridized carbons (Fsp3) is 0.818. The first kappa shape index (κ1) is 10.7. The summed E-state index contributed by atoms with van der Waals surface area (Å²) < 4.78 is 31.5. The average Bonchev–Trinajstić information content (AvgIpc) is 2.81. The van der Waals surface area contributed by atoms with Gasteiger partial charge in [-0.05, 0) is 12.8 Å². The smallest absolute Gasteiger partial charge is 0.214 e. The van der Waals surface area contributed by atoms with Crippen LogP contribution in [0.3, 0.4) is 0 Å². The van der Waals surface area contributed by atoms with Gasteiger partial charge in [0.25, 0.3) is 0 Å². The van der Waals surface area contributed by atoms with E-state index < -0.39 is 10.0 Å². The highest BCUT2D eigenvalue weighted by molar-refractivity contribution is 7.89. The Morgan fingerprint density at radius 1 is 1.56 bits per heavy atom. The molecule has 3 aliphatic rings. The van der Waals surface area contributed by atoms with Crippen LogP contribution < -0.4 is 0 Å². The highest BCUT2D eigenvalue weighted by atomic mass is 32.2. The molecule has 2 bridgehead atoms. The minimum absolute atomic E-state index is 0.237. The molecule has 0 radical (unpaired) electrons. The largest absolute Gasteiger partial charge is 0.362 e. The second kappa shape index (κ2) is 3.31. The highest BCUT2D eigenvalue weighted by Crippen LogP contribution is 2.48. The van der Waals surface area contributed by atoms with Gasteiger partial charge in [0.2, 0.25) is 10.0 Å². The lowest BCUT2D eigenvalue weighted by molar-refractivity contribution is 0.0291. The minimum atomic E-state index is -3.06. The maximum absolute atomic E-state index is 12.0. The third-order valence-corrected chi connectivity index (χ3v) is 5.86. The van der Waals surface area contributed by atoms with Crippen LogP contribution in [0.25, 0.3) is 0 Å². The number of hydrogen-bond acceptors (Lipinski definition) is 3.